The highest BCUT2D eigenvalue weighted by molar-refractivity contribution is 5.32. The molecule has 0 bridgehead atoms. The molecule has 0 aliphatic carbocycles. The van der Waals surface area contributed by atoms with Gasteiger partial charge in [0.15, 0.2) is 0 Å². The van der Waals surface area contributed by atoms with Gasteiger partial charge in [-0.3, -0.25) is 0 Å². The van der Waals surface area contributed by atoms with E-state index in [4.69, 9.17) is 4.74 Å². The smallest absolute Gasteiger partial charge is 0.148 e. The molecule has 2 aromatic rings. The van der Waals surface area contributed by atoms with Crippen molar-refractivity contribution in [2.75, 3.05) is 18.5 Å². The summed E-state index contributed by atoms with van der Waals surface area (Å²) >= 11 is 0. The number of hydrogen-bond acceptors (Lipinski definition) is 4. The van der Waals surface area contributed by atoms with Crippen LogP contribution in [0.1, 0.15) is 11.3 Å². The first-order chi connectivity index (χ1) is 8.74. The van der Waals surface area contributed by atoms with Crippen LogP contribution in [-0.4, -0.2) is 23.3 Å². The molecule has 4 nitrogen and oxygen atoms in total. The van der Waals surface area contributed by atoms with E-state index in [-0.39, 0.29) is 0 Å². The Balaban J connectivity index is 1.74. The van der Waals surface area contributed by atoms with Crippen LogP contribution in [0.15, 0.2) is 36.4 Å². The number of aryl methyl sites for hydroxylation is 2. The zero-order valence-corrected chi connectivity index (χ0v) is 10.7. The Kier molecular flexibility index (Phi) is 4.12. The molecule has 94 valence electrons. The van der Waals surface area contributed by atoms with Crippen molar-refractivity contribution in [1.29, 1.82) is 0 Å². The summed E-state index contributed by atoms with van der Waals surface area (Å²) in [5.41, 5.74) is 2.11. The first-order valence-corrected chi connectivity index (χ1v) is 5.98. The lowest BCUT2D eigenvalue weighted by atomic mass is 10.2. The van der Waals surface area contributed by atoms with Crippen molar-refractivity contribution >= 4 is 5.82 Å². The summed E-state index contributed by atoms with van der Waals surface area (Å²) in [5.74, 6) is 1.67. The van der Waals surface area contributed by atoms with Crippen molar-refractivity contribution in [3.05, 3.63) is 47.7 Å². The molecule has 1 aromatic carbocycles. The second-order valence-electron chi connectivity index (χ2n) is 4.15. The molecule has 0 fully saturated rings. The number of hydrogen-bond donors (Lipinski definition) is 1. The topological polar surface area (TPSA) is 47.0 Å². The van der Waals surface area contributed by atoms with Gasteiger partial charge in [0.05, 0.1) is 12.2 Å². The van der Waals surface area contributed by atoms with E-state index < -0.39 is 0 Å². The summed E-state index contributed by atoms with van der Waals surface area (Å²) in [6.07, 6.45) is 0. The van der Waals surface area contributed by atoms with Crippen molar-refractivity contribution in [1.82, 2.24) is 10.2 Å². The van der Waals surface area contributed by atoms with Gasteiger partial charge in [-0.25, -0.2) is 0 Å². The highest BCUT2D eigenvalue weighted by Gasteiger charge is 1.96. The SMILES string of the molecule is Cc1cccc(OCCNc2ccc(C)nn2)c1. The number of nitrogens with one attached hydrogen (secondary N) is 1. The molecule has 18 heavy (non-hydrogen) atoms. The third kappa shape index (κ3) is 3.73. The van der Waals surface area contributed by atoms with Gasteiger partial charge in [0.2, 0.25) is 0 Å². The second kappa shape index (κ2) is 6.00. The predicted octanol–water partition coefficient (Wildman–Crippen LogP) is 2.58. The minimum Gasteiger partial charge on any atom is -0.492 e. The van der Waals surface area contributed by atoms with Crippen LogP contribution >= 0.6 is 0 Å². The maximum absolute atomic E-state index is 5.62. The van der Waals surface area contributed by atoms with Crippen molar-refractivity contribution in [2.45, 2.75) is 13.8 Å². The Morgan fingerprint density at radius 2 is 2.00 bits per heavy atom. The van der Waals surface area contributed by atoms with Gasteiger partial charge in [-0.2, -0.15) is 5.10 Å². The fourth-order valence-electron chi connectivity index (χ4n) is 1.55. The van der Waals surface area contributed by atoms with Crippen molar-refractivity contribution in [3.8, 4) is 5.75 Å². The fraction of sp³-hybridized carbons (Fsp3) is 0.286. The molecule has 1 heterocycles. The zero-order chi connectivity index (χ0) is 12.8. The average molecular weight is 243 g/mol. The lowest BCUT2D eigenvalue weighted by Gasteiger charge is -2.08. The Labute approximate surface area is 107 Å². The Morgan fingerprint density at radius 3 is 2.72 bits per heavy atom. The molecular formula is C14H17N3O. The van der Waals surface area contributed by atoms with E-state index in [0.717, 1.165) is 17.3 Å². The van der Waals surface area contributed by atoms with Gasteiger partial charge in [0, 0.05) is 0 Å². The molecule has 0 amide bonds. The largest absolute Gasteiger partial charge is 0.492 e. The van der Waals surface area contributed by atoms with Crippen LogP contribution in [0, 0.1) is 13.8 Å². The highest BCUT2D eigenvalue weighted by Crippen LogP contribution is 2.12. The lowest BCUT2D eigenvalue weighted by molar-refractivity contribution is 0.332. The molecule has 0 saturated carbocycles. The number of rotatable bonds is 5. The van der Waals surface area contributed by atoms with E-state index in [1.54, 1.807) is 0 Å². The first kappa shape index (κ1) is 12.4. The van der Waals surface area contributed by atoms with Gasteiger partial charge >= 0.3 is 0 Å². The summed E-state index contributed by atoms with van der Waals surface area (Å²) < 4.78 is 5.62. The van der Waals surface area contributed by atoms with Gasteiger partial charge in [-0.1, -0.05) is 12.1 Å². The number of anilines is 1. The highest BCUT2D eigenvalue weighted by atomic mass is 16.5. The van der Waals surface area contributed by atoms with E-state index in [9.17, 15) is 0 Å². The van der Waals surface area contributed by atoms with Crippen LogP contribution in [0.4, 0.5) is 5.82 Å². The van der Waals surface area contributed by atoms with E-state index in [2.05, 4.69) is 15.5 Å². The lowest BCUT2D eigenvalue weighted by Crippen LogP contribution is -2.12. The van der Waals surface area contributed by atoms with E-state index >= 15 is 0 Å². The number of nitrogens with zero attached hydrogens (tertiary/aromatic N) is 2. The fourth-order valence-corrected chi connectivity index (χ4v) is 1.55. The number of ether oxygens (including phenoxy) is 1. The molecule has 0 aliphatic heterocycles. The van der Waals surface area contributed by atoms with E-state index in [0.29, 0.717) is 13.2 Å². The summed E-state index contributed by atoms with van der Waals surface area (Å²) in [5, 5.41) is 11.2. The molecule has 0 atom stereocenters. The van der Waals surface area contributed by atoms with Crippen LogP contribution in [0.3, 0.4) is 0 Å². The molecular weight excluding hydrogens is 226 g/mol. The summed E-state index contributed by atoms with van der Waals surface area (Å²) in [6.45, 7) is 5.26. The molecule has 2 rings (SSSR count). The molecule has 0 radical (unpaired) electrons. The summed E-state index contributed by atoms with van der Waals surface area (Å²) in [4.78, 5) is 0. The minimum atomic E-state index is 0.596. The second-order valence-corrected chi connectivity index (χ2v) is 4.15. The maximum Gasteiger partial charge on any atom is 0.148 e. The summed E-state index contributed by atoms with van der Waals surface area (Å²) in [6, 6.07) is 11.9. The van der Waals surface area contributed by atoms with Gasteiger partial charge in [-0.05, 0) is 43.7 Å². The molecule has 1 aromatic heterocycles. The average Bonchev–Trinajstić information content (AvgIpc) is 2.37. The molecule has 1 N–H and O–H groups in total. The van der Waals surface area contributed by atoms with E-state index in [1.165, 1.54) is 5.56 Å². The first-order valence-electron chi connectivity index (χ1n) is 5.98. The molecule has 4 heteroatoms. The zero-order valence-electron chi connectivity index (χ0n) is 10.7. The normalized spacial score (nSPS) is 10.1. The Hall–Kier alpha value is -2.10. The molecule has 0 spiro atoms. The van der Waals surface area contributed by atoms with Gasteiger partial charge < -0.3 is 10.1 Å². The number of aromatic nitrogens is 2. The Bertz CT molecular complexity index is 497. The third-order valence-electron chi connectivity index (χ3n) is 2.46. The Morgan fingerprint density at radius 1 is 1.11 bits per heavy atom. The molecule has 0 unspecified atom stereocenters. The minimum absolute atomic E-state index is 0.596. The van der Waals surface area contributed by atoms with Crippen LogP contribution in [0.5, 0.6) is 5.75 Å². The standard InChI is InChI=1S/C14H17N3O/c1-11-4-3-5-13(10-11)18-9-8-15-14-7-6-12(2)16-17-14/h3-7,10H,8-9H2,1-2H3,(H,15,17). The van der Waals surface area contributed by atoms with Crippen LogP contribution in [0.25, 0.3) is 0 Å². The maximum atomic E-state index is 5.62. The van der Waals surface area contributed by atoms with E-state index in [1.807, 2.05) is 50.2 Å². The van der Waals surface area contributed by atoms with Crippen LogP contribution < -0.4 is 10.1 Å². The van der Waals surface area contributed by atoms with Crippen molar-refractivity contribution in [2.24, 2.45) is 0 Å². The monoisotopic (exact) mass is 243 g/mol. The van der Waals surface area contributed by atoms with Crippen molar-refractivity contribution < 1.29 is 4.74 Å². The predicted molar refractivity (Wildman–Crippen MR) is 71.9 cm³/mol. The summed E-state index contributed by atoms with van der Waals surface area (Å²) in [7, 11) is 0. The third-order valence-corrected chi connectivity index (χ3v) is 2.46. The van der Waals surface area contributed by atoms with Crippen LogP contribution in [-0.2, 0) is 0 Å². The van der Waals surface area contributed by atoms with Crippen LogP contribution in [0.2, 0.25) is 0 Å². The van der Waals surface area contributed by atoms with Gasteiger partial charge in [0.1, 0.15) is 18.2 Å². The van der Waals surface area contributed by atoms with Gasteiger partial charge in [0.25, 0.3) is 0 Å². The quantitative estimate of drug-likeness (QED) is 0.820. The molecule has 0 aliphatic rings. The van der Waals surface area contributed by atoms with Gasteiger partial charge in [-0.15, -0.1) is 5.10 Å². The van der Waals surface area contributed by atoms with Crippen molar-refractivity contribution in [3.63, 3.8) is 0 Å². The number of benzene rings is 1. The molecule has 0 saturated heterocycles.